The Morgan fingerprint density at radius 2 is 2.23 bits per heavy atom. The van der Waals surface area contributed by atoms with Gasteiger partial charge in [-0.2, -0.15) is 5.26 Å². The molecule has 0 spiro atoms. The molecule has 0 saturated carbocycles. The molecule has 0 amide bonds. The summed E-state index contributed by atoms with van der Waals surface area (Å²) >= 11 is 0. The highest BCUT2D eigenvalue weighted by molar-refractivity contribution is 7.53. The molecule has 3 rings (SSSR count). The van der Waals surface area contributed by atoms with Crippen LogP contribution in [0.15, 0.2) is 12.5 Å². The van der Waals surface area contributed by atoms with Gasteiger partial charge in [-0.3, -0.25) is 4.57 Å². The molecule has 6 atom stereocenters. The Hall–Kier alpha value is -2.02. The predicted octanol–water partition coefficient (Wildman–Crippen LogP) is 2.56. The predicted molar refractivity (Wildman–Crippen MR) is 111 cm³/mol. The quantitative estimate of drug-likeness (QED) is 0.528. The van der Waals surface area contributed by atoms with Crippen molar-refractivity contribution in [3.63, 3.8) is 0 Å². The fraction of sp³-hybridized carbons (Fsp3) is 0.632. The lowest BCUT2D eigenvalue weighted by Crippen LogP contribution is -2.27. The van der Waals surface area contributed by atoms with Crippen LogP contribution in [-0.2, 0) is 13.8 Å². The number of nitrogens with two attached hydrogens (primary N) is 1. The van der Waals surface area contributed by atoms with E-state index in [0.717, 1.165) is 12.8 Å². The van der Waals surface area contributed by atoms with Crippen molar-refractivity contribution in [2.75, 3.05) is 12.3 Å². The van der Waals surface area contributed by atoms with E-state index in [-0.39, 0.29) is 24.6 Å². The molecule has 6 unspecified atom stereocenters. The SMILES string of the molecule is CCCC(C)C(C)P(=O)(O)OCC1OC(n2cc(N)c3c(C#N)ncnc32)CC1O. The van der Waals surface area contributed by atoms with E-state index in [1.807, 2.05) is 19.9 Å². The minimum Gasteiger partial charge on any atom is -0.397 e. The normalized spacial score (nSPS) is 25.7. The van der Waals surface area contributed by atoms with Crippen LogP contribution in [0.3, 0.4) is 0 Å². The van der Waals surface area contributed by atoms with Crippen molar-refractivity contribution in [1.29, 1.82) is 5.26 Å². The third-order valence-corrected chi connectivity index (χ3v) is 7.82. The number of hydrogen-bond acceptors (Lipinski definition) is 8. The minimum absolute atomic E-state index is 0.0382. The standard InChI is InChI=1S/C19H28N5O5P/c1-4-5-11(2)12(3)30(26,27)28-9-16-15(25)6-17(29-16)24-8-13(21)18-14(7-20)22-10-23-19(18)24/h8,10-12,15-17,25H,4-6,9,21H2,1-3H3,(H,26,27). The van der Waals surface area contributed by atoms with Gasteiger partial charge in [0.05, 0.1) is 29.4 Å². The highest BCUT2D eigenvalue weighted by atomic mass is 31.2. The fourth-order valence-corrected chi connectivity index (χ4v) is 5.16. The zero-order chi connectivity index (χ0) is 22.1. The van der Waals surface area contributed by atoms with Gasteiger partial charge in [-0.1, -0.05) is 33.6 Å². The molecular weight excluding hydrogens is 409 g/mol. The maximum atomic E-state index is 12.6. The number of aliphatic hydroxyl groups excluding tert-OH is 1. The summed E-state index contributed by atoms with van der Waals surface area (Å²) in [6.45, 7) is 5.45. The molecule has 3 heterocycles. The van der Waals surface area contributed by atoms with E-state index < -0.39 is 31.7 Å². The first-order valence-corrected chi connectivity index (χ1v) is 11.7. The Bertz CT molecular complexity index is 990. The number of aliphatic hydroxyl groups is 1. The zero-order valence-electron chi connectivity index (χ0n) is 17.3. The van der Waals surface area contributed by atoms with Gasteiger partial charge < -0.3 is 29.6 Å². The summed E-state index contributed by atoms with van der Waals surface area (Å²) < 4.78 is 25.5. The van der Waals surface area contributed by atoms with Crippen molar-refractivity contribution in [3.8, 4) is 6.07 Å². The van der Waals surface area contributed by atoms with Gasteiger partial charge in [-0.05, 0) is 5.92 Å². The van der Waals surface area contributed by atoms with Gasteiger partial charge in [0.2, 0.25) is 0 Å². The summed E-state index contributed by atoms with van der Waals surface area (Å²) in [7, 11) is -3.86. The van der Waals surface area contributed by atoms with Crippen molar-refractivity contribution in [2.45, 2.75) is 64.1 Å². The first-order chi connectivity index (χ1) is 14.2. The van der Waals surface area contributed by atoms with Crippen LogP contribution >= 0.6 is 7.60 Å². The summed E-state index contributed by atoms with van der Waals surface area (Å²) in [5.74, 6) is 0.0382. The maximum absolute atomic E-state index is 12.6. The smallest absolute Gasteiger partial charge is 0.331 e. The first-order valence-electron chi connectivity index (χ1n) is 10.0. The molecule has 1 saturated heterocycles. The Kier molecular flexibility index (Phi) is 6.80. The number of nitriles is 1. The summed E-state index contributed by atoms with van der Waals surface area (Å²) in [6.07, 6.45) is 2.55. The minimum atomic E-state index is -3.86. The molecule has 0 aromatic carbocycles. The van der Waals surface area contributed by atoms with Crippen LogP contribution in [0.25, 0.3) is 11.0 Å². The summed E-state index contributed by atoms with van der Waals surface area (Å²) in [6, 6.07) is 1.98. The Balaban J connectivity index is 1.72. The van der Waals surface area contributed by atoms with Crippen molar-refractivity contribution < 1.29 is 23.8 Å². The first kappa shape index (κ1) is 22.7. The van der Waals surface area contributed by atoms with Gasteiger partial charge in [0.1, 0.15) is 30.4 Å². The van der Waals surface area contributed by atoms with Crippen LogP contribution in [0, 0.1) is 17.2 Å². The molecule has 0 bridgehead atoms. The van der Waals surface area contributed by atoms with Crippen molar-refractivity contribution in [2.24, 2.45) is 5.92 Å². The Labute approximate surface area is 175 Å². The molecule has 1 aliphatic rings. The van der Waals surface area contributed by atoms with E-state index in [1.54, 1.807) is 17.7 Å². The molecule has 11 heteroatoms. The number of nitrogen functional groups attached to an aromatic ring is 1. The lowest BCUT2D eigenvalue weighted by molar-refractivity contribution is -0.0398. The number of fused-ring (bicyclic) bond motifs is 1. The van der Waals surface area contributed by atoms with E-state index in [4.69, 9.17) is 15.0 Å². The topological polar surface area (TPSA) is 157 Å². The highest BCUT2D eigenvalue weighted by Gasteiger charge is 2.39. The van der Waals surface area contributed by atoms with Crippen molar-refractivity contribution in [1.82, 2.24) is 14.5 Å². The Morgan fingerprint density at radius 1 is 1.50 bits per heavy atom. The van der Waals surface area contributed by atoms with E-state index in [2.05, 4.69) is 9.97 Å². The van der Waals surface area contributed by atoms with E-state index in [0.29, 0.717) is 16.7 Å². The molecule has 164 valence electrons. The van der Waals surface area contributed by atoms with Crippen LogP contribution in [0.5, 0.6) is 0 Å². The molecule has 10 nitrogen and oxygen atoms in total. The van der Waals surface area contributed by atoms with Gasteiger partial charge in [-0.25, -0.2) is 9.97 Å². The van der Waals surface area contributed by atoms with E-state index >= 15 is 0 Å². The van der Waals surface area contributed by atoms with Gasteiger partial charge >= 0.3 is 7.60 Å². The van der Waals surface area contributed by atoms with Crippen LogP contribution in [0.1, 0.15) is 52.0 Å². The molecular formula is C19H28N5O5P. The number of anilines is 1. The second-order valence-electron chi connectivity index (χ2n) is 7.82. The molecule has 2 aromatic heterocycles. The lowest BCUT2D eigenvalue weighted by Gasteiger charge is -2.26. The average molecular weight is 437 g/mol. The number of rotatable bonds is 8. The van der Waals surface area contributed by atoms with Gasteiger partial charge in [0.25, 0.3) is 0 Å². The van der Waals surface area contributed by atoms with Crippen LogP contribution in [0.2, 0.25) is 0 Å². The lowest BCUT2D eigenvalue weighted by atomic mass is 10.0. The zero-order valence-corrected chi connectivity index (χ0v) is 18.2. The summed E-state index contributed by atoms with van der Waals surface area (Å²) in [4.78, 5) is 18.5. The molecule has 1 fully saturated rings. The highest BCUT2D eigenvalue weighted by Crippen LogP contribution is 2.51. The van der Waals surface area contributed by atoms with Crippen LogP contribution in [-0.4, -0.2) is 49.0 Å². The maximum Gasteiger partial charge on any atom is 0.331 e. The third-order valence-electron chi connectivity index (χ3n) is 5.76. The average Bonchev–Trinajstić information content (AvgIpc) is 3.25. The van der Waals surface area contributed by atoms with Crippen molar-refractivity contribution >= 4 is 24.3 Å². The second-order valence-corrected chi connectivity index (χ2v) is 10.0. The fourth-order valence-electron chi connectivity index (χ4n) is 3.77. The molecule has 0 aliphatic carbocycles. The molecule has 1 aliphatic heterocycles. The van der Waals surface area contributed by atoms with E-state index in [1.165, 1.54) is 6.33 Å². The van der Waals surface area contributed by atoms with Gasteiger partial charge in [0, 0.05) is 12.6 Å². The largest absolute Gasteiger partial charge is 0.397 e. The number of ether oxygens (including phenoxy) is 1. The molecule has 0 radical (unpaired) electrons. The van der Waals surface area contributed by atoms with Gasteiger partial charge in [0.15, 0.2) is 5.69 Å². The van der Waals surface area contributed by atoms with Crippen LogP contribution < -0.4 is 5.73 Å². The molecule has 2 aromatic rings. The van der Waals surface area contributed by atoms with Gasteiger partial charge in [-0.15, -0.1) is 0 Å². The van der Waals surface area contributed by atoms with E-state index in [9.17, 15) is 19.8 Å². The summed E-state index contributed by atoms with van der Waals surface area (Å²) in [5, 5.41) is 20.1. The number of nitrogens with zero attached hydrogens (tertiary/aromatic N) is 4. The van der Waals surface area contributed by atoms with Crippen LogP contribution in [0.4, 0.5) is 5.69 Å². The molecule has 30 heavy (non-hydrogen) atoms. The molecule has 4 N–H and O–H groups in total. The Morgan fingerprint density at radius 3 is 2.90 bits per heavy atom. The number of hydrogen-bond donors (Lipinski definition) is 3. The monoisotopic (exact) mass is 437 g/mol. The van der Waals surface area contributed by atoms with Crippen molar-refractivity contribution in [3.05, 3.63) is 18.2 Å². The summed E-state index contributed by atoms with van der Waals surface area (Å²) in [5.41, 5.74) is 6.43. The third kappa shape index (κ3) is 4.36. The second kappa shape index (κ2) is 9.00. The number of aromatic nitrogens is 3.